The molecule has 2 aromatic rings. The second-order valence-electron chi connectivity index (χ2n) is 6.88. The van der Waals surface area contributed by atoms with E-state index in [0.717, 1.165) is 0 Å². The molecule has 0 fully saturated rings. The SMILES string of the molecule is CCOC(=O)c1cccc(NC(=O)c2c(C)nc(C(C)(C)C)[nH]c2=O)c1. The Balaban J connectivity index is 2.30. The Bertz CT molecular complexity index is 894. The number of aryl methyl sites for hydroxylation is 1. The van der Waals surface area contributed by atoms with Crippen LogP contribution in [-0.2, 0) is 10.2 Å². The number of H-pyrrole nitrogens is 1. The summed E-state index contributed by atoms with van der Waals surface area (Å²) in [6.45, 7) is 9.36. The second-order valence-corrected chi connectivity index (χ2v) is 6.88. The van der Waals surface area contributed by atoms with E-state index in [1.165, 1.54) is 6.07 Å². The molecule has 0 aliphatic rings. The topological polar surface area (TPSA) is 101 Å². The summed E-state index contributed by atoms with van der Waals surface area (Å²) in [6, 6.07) is 6.34. The number of aromatic amines is 1. The predicted octanol–water partition coefficient (Wildman–Crippen LogP) is 2.80. The summed E-state index contributed by atoms with van der Waals surface area (Å²) < 4.78 is 4.94. The summed E-state index contributed by atoms with van der Waals surface area (Å²) in [5.41, 5.74) is 0.154. The van der Waals surface area contributed by atoms with Gasteiger partial charge in [0.15, 0.2) is 0 Å². The van der Waals surface area contributed by atoms with Gasteiger partial charge in [0, 0.05) is 11.1 Å². The number of nitrogens with zero attached hydrogens (tertiary/aromatic N) is 1. The van der Waals surface area contributed by atoms with Crippen molar-refractivity contribution in [1.82, 2.24) is 9.97 Å². The molecule has 0 saturated heterocycles. The third-order valence-electron chi connectivity index (χ3n) is 3.67. The minimum absolute atomic E-state index is 0.0560. The molecule has 1 aromatic heterocycles. The molecule has 1 amide bonds. The van der Waals surface area contributed by atoms with Crippen molar-refractivity contribution in [2.75, 3.05) is 11.9 Å². The van der Waals surface area contributed by atoms with Gasteiger partial charge in [0.2, 0.25) is 0 Å². The maximum absolute atomic E-state index is 12.5. The molecule has 2 rings (SSSR count). The number of ether oxygens (including phenoxy) is 1. The number of nitrogens with one attached hydrogen (secondary N) is 2. The zero-order chi connectivity index (χ0) is 19.5. The molecule has 0 aliphatic heterocycles. The Morgan fingerprint density at radius 2 is 1.96 bits per heavy atom. The van der Waals surface area contributed by atoms with Crippen molar-refractivity contribution >= 4 is 17.6 Å². The van der Waals surface area contributed by atoms with Gasteiger partial charge in [0.1, 0.15) is 11.4 Å². The summed E-state index contributed by atoms with van der Waals surface area (Å²) in [6.07, 6.45) is 0. The Kier molecular flexibility index (Phi) is 5.59. The van der Waals surface area contributed by atoms with Crippen LogP contribution in [0.2, 0.25) is 0 Å². The molecule has 0 atom stereocenters. The minimum Gasteiger partial charge on any atom is -0.462 e. The van der Waals surface area contributed by atoms with Crippen molar-refractivity contribution in [2.45, 2.75) is 40.0 Å². The number of amides is 1. The van der Waals surface area contributed by atoms with Gasteiger partial charge in [-0.1, -0.05) is 26.8 Å². The number of anilines is 1. The van der Waals surface area contributed by atoms with Crippen LogP contribution >= 0.6 is 0 Å². The van der Waals surface area contributed by atoms with Gasteiger partial charge < -0.3 is 15.0 Å². The maximum atomic E-state index is 12.5. The average molecular weight is 357 g/mol. The number of hydrogen-bond donors (Lipinski definition) is 2. The van der Waals surface area contributed by atoms with Crippen LogP contribution in [0.4, 0.5) is 5.69 Å². The van der Waals surface area contributed by atoms with Crippen molar-refractivity contribution in [2.24, 2.45) is 0 Å². The third-order valence-corrected chi connectivity index (χ3v) is 3.67. The summed E-state index contributed by atoms with van der Waals surface area (Å²) in [4.78, 5) is 43.7. The minimum atomic E-state index is -0.585. The zero-order valence-corrected chi connectivity index (χ0v) is 15.6. The predicted molar refractivity (Wildman–Crippen MR) is 98.6 cm³/mol. The number of benzene rings is 1. The Hall–Kier alpha value is -2.96. The molecule has 26 heavy (non-hydrogen) atoms. The molecule has 7 heteroatoms. The number of rotatable bonds is 4. The van der Waals surface area contributed by atoms with E-state index in [2.05, 4.69) is 15.3 Å². The van der Waals surface area contributed by atoms with Crippen molar-refractivity contribution in [3.05, 3.63) is 57.3 Å². The van der Waals surface area contributed by atoms with E-state index >= 15 is 0 Å². The molecule has 0 spiro atoms. The Morgan fingerprint density at radius 1 is 1.27 bits per heavy atom. The summed E-state index contributed by atoms with van der Waals surface area (Å²) >= 11 is 0. The Morgan fingerprint density at radius 3 is 2.54 bits per heavy atom. The summed E-state index contributed by atoms with van der Waals surface area (Å²) in [5, 5.41) is 2.63. The van der Waals surface area contributed by atoms with Crippen LogP contribution in [0.5, 0.6) is 0 Å². The van der Waals surface area contributed by atoms with E-state index in [-0.39, 0.29) is 17.6 Å². The van der Waals surface area contributed by atoms with Crippen LogP contribution in [0.25, 0.3) is 0 Å². The molecule has 0 unspecified atom stereocenters. The van der Waals surface area contributed by atoms with Gasteiger partial charge in [-0.3, -0.25) is 9.59 Å². The largest absolute Gasteiger partial charge is 0.462 e. The molecule has 0 bridgehead atoms. The van der Waals surface area contributed by atoms with Gasteiger partial charge in [-0.25, -0.2) is 9.78 Å². The lowest BCUT2D eigenvalue weighted by Gasteiger charge is -2.18. The van der Waals surface area contributed by atoms with Crippen LogP contribution in [0.1, 0.15) is 59.9 Å². The van der Waals surface area contributed by atoms with Gasteiger partial charge in [0.05, 0.1) is 17.9 Å². The van der Waals surface area contributed by atoms with Crippen LogP contribution in [-0.4, -0.2) is 28.5 Å². The molecule has 138 valence electrons. The molecule has 1 aromatic carbocycles. The van der Waals surface area contributed by atoms with E-state index in [9.17, 15) is 14.4 Å². The highest BCUT2D eigenvalue weighted by Gasteiger charge is 2.22. The van der Waals surface area contributed by atoms with Crippen LogP contribution in [0, 0.1) is 6.92 Å². The quantitative estimate of drug-likeness (QED) is 0.820. The van der Waals surface area contributed by atoms with E-state index in [1.807, 2.05) is 20.8 Å². The number of hydrogen-bond acceptors (Lipinski definition) is 5. The van der Waals surface area contributed by atoms with Gasteiger partial charge in [-0.15, -0.1) is 0 Å². The van der Waals surface area contributed by atoms with E-state index < -0.39 is 17.4 Å². The standard InChI is InChI=1S/C19H23N3O4/c1-6-26-17(25)12-8-7-9-13(10-12)21-15(23)14-11(2)20-18(19(3,4)5)22-16(14)24/h7-10H,6H2,1-5H3,(H,21,23)(H,20,22,24). The maximum Gasteiger partial charge on any atom is 0.338 e. The number of esters is 1. The van der Waals surface area contributed by atoms with Gasteiger partial charge in [-0.05, 0) is 32.0 Å². The fourth-order valence-electron chi connectivity index (χ4n) is 2.34. The fourth-order valence-corrected chi connectivity index (χ4v) is 2.34. The molecule has 0 saturated carbocycles. The van der Waals surface area contributed by atoms with Crippen LogP contribution in [0.3, 0.4) is 0 Å². The first-order valence-electron chi connectivity index (χ1n) is 8.33. The smallest absolute Gasteiger partial charge is 0.338 e. The molecular formula is C19H23N3O4. The van der Waals surface area contributed by atoms with Gasteiger partial charge in [0.25, 0.3) is 11.5 Å². The highest BCUT2D eigenvalue weighted by Crippen LogP contribution is 2.18. The molecule has 7 nitrogen and oxygen atoms in total. The normalized spacial score (nSPS) is 11.1. The molecule has 1 heterocycles. The van der Waals surface area contributed by atoms with Crippen molar-refractivity contribution in [3.8, 4) is 0 Å². The lowest BCUT2D eigenvalue weighted by Crippen LogP contribution is -2.30. The van der Waals surface area contributed by atoms with Crippen molar-refractivity contribution < 1.29 is 14.3 Å². The van der Waals surface area contributed by atoms with Crippen molar-refractivity contribution in [3.63, 3.8) is 0 Å². The lowest BCUT2D eigenvalue weighted by atomic mass is 9.95. The average Bonchev–Trinajstić information content (AvgIpc) is 2.53. The number of carbonyl (C=O) groups excluding carboxylic acids is 2. The molecule has 2 N–H and O–H groups in total. The molecule has 0 aliphatic carbocycles. The fraction of sp³-hybridized carbons (Fsp3) is 0.368. The van der Waals surface area contributed by atoms with Gasteiger partial charge in [-0.2, -0.15) is 0 Å². The Labute approximate surface area is 151 Å². The molecular weight excluding hydrogens is 334 g/mol. The number of aromatic nitrogens is 2. The first-order valence-corrected chi connectivity index (χ1v) is 8.33. The molecule has 0 radical (unpaired) electrons. The van der Waals surface area contributed by atoms with E-state index in [4.69, 9.17) is 4.74 Å². The monoisotopic (exact) mass is 357 g/mol. The van der Waals surface area contributed by atoms with Crippen LogP contribution < -0.4 is 10.9 Å². The first-order chi connectivity index (χ1) is 12.1. The van der Waals surface area contributed by atoms with Crippen molar-refractivity contribution in [1.29, 1.82) is 0 Å². The first kappa shape index (κ1) is 19.4. The summed E-state index contributed by atoms with van der Waals surface area (Å²) in [7, 11) is 0. The zero-order valence-electron chi connectivity index (χ0n) is 15.6. The van der Waals surface area contributed by atoms with E-state index in [0.29, 0.717) is 22.8 Å². The second kappa shape index (κ2) is 7.51. The third kappa shape index (κ3) is 4.36. The highest BCUT2D eigenvalue weighted by molar-refractivity contribution is 6.05. The summed E-state index contributed by atoms with van der Waals surface area (Å²) in [5.74, 6) is -0.549. The lowest BCUT2D eigenvalue weighted by molar-refractivity contribution is 0.0526. The van der Waals surface area contributed by atoms with Crippen LogP contribution in [0.15, 0.2) is 29.1 Å². The van der Waals surface area contributed by atoms with Gasteiger partial charge >= 0.3 is 5.97 Å². The van der Waals surface area contributed by atoms with E-state index in [1.54, 1.807) is 32.0 Å². The highest BCUT2D eigenvalue weighted by atomic mass is 16.5. The number of carbonyl (C=O) groups is 2.